The second-order valence-corrected chi connectivity index (χ2v) is 9.78. The van der Waals surface area contributed by atoms with E-state index in [1.807, 2.05) is 0 Å². The van der Waals surface area contributed by atoms with Gasteiger partial charge in [-0.3, -0.25) is 9.59 Å². The van der Waals surface area contributed by atoms with Gasteiger partial charge in [-0.2, -0.15) is 0 Å². The summed E-state index contributed by atoms with van der Waals surface area (Å²) < 4.78 is -0.137. The van der Waals surface area contributed by atoms with Gasteiger partial charge in [-0.1, -0.05) is 90.0 Å². The molecule has 182 valence electrons. The summed E-state index contributed by atoms with van der Waals surface area (Å²) in [6.45, 7) is 2.25. The van der Waals surface area contributed by atoms with Crippen LogP contribution >= 0.6 is 0 Å². The number of aliphatic hydroxyl groups excluding tert-OH is 1. The molecule has 6 nitrogen and oxygen atoms in total. The van der Waals surface area contributed by atoms with Crippen molar-refractivity contribution in [3.63, 3.8) is 0 Å². The number of carbonyl (C=O) groups is 2. The fraction of sp³-hybridized carbons (Fsp3) is 0.840. The number of rotatable bonds is 20. The van der Waals surface area contributed by atoms with Crippen molar-refractivity contribution in [2.75, 3.05) is 21.1 Å². The number of unbranched alkanes of at least 4 members (excludes halogenated alkanes) is 13. The van der Waals surface area contributed by atoms with Gasteiger partial charge >= 0.3 is 5.97 Å². The molecule has 0 heterocycles. The van der Waals surface area contributed by atoms with E-state index in [1.54, 1.807) is 27.2 Å². The van der Waals surface area contributed by atoms with Crippen LogP contribution in [0.25, 0.3) is 0 Å². The third-order valence-electron chi connectivity index (χ3n) is 5.75. The number of likely N-dealkylation sites (N-methyl/N-ethyl adjacent to an activating group) is 1. The number of carboxylic acid groups (broad SMARTS) is 1. The zero-order valence-electron chi connectivity index (χ0n) is 20.4. The van der Waals surface area contributed by atoms with E-state index >= 15 is 0 Å². The van der Waals surface area contributed by atoms with Crippen molar-refractivity contribution in [3.8, 4) is 0 Å². The molecule has 0 aromatic rings. The molecule has 0 aliphatic heterocycles. The molecule has 0 aromatic heterocycles. The third-order valence-corrected chi connectivity index (χ3v) is 5.75. The van der Waals surface area contributed by atoms with Crippen molar-refractivity contribution in [1.82, 2.24) is 0 Å². The van der Waals surface area contributed by atoms with E-state index in [4.69, 9.17) is 5.11 Å². The Labute approximate surface area is 189 Å². The van der Waals surface area contributed by atoms with Crippen molar-refractivity contribution < 1.29 is 29.4 Å². The average Bonchev–Trinajstić information content (AvgIpc) is 2.68. The van der Waals surface area contributed by atoms with Crippen LogP contribution in [-0.4, -0.2) is 64.5 Å². The Kier molecular flexibility index (Phi) is 15.7. The van der Waals surface area contributed by atoms with Gasteiger partial charge in [0.15, 0.2) is 5.78 Å². The van der Waals surface area contributed by atoms with Gasteiger partial charge in [0.25, 0.3) is 0 Å². The second-order valence-electron chi connectivity index (χ2n) is 9.78. The largest absolute Gasteiger partial charge is 0.481 e. The molecule has 0 aliphatic rings. The fourth-order valence-electron chi connectivity index (χ4n) is 3.79. The van der Waals surface area contributed by atoms with Crippen LogP contribution in [0, 0.1) is 0 Å². The smallest absolute Gasteiger partial charge is 0.307 e. The number of allylic oxidation sites excluding steroid dienone is 1. The van der Waals surface area contributed by atoms with E-state index in [2.05, 4.69) is 6.92 Å². The summed E-state index contributed by atoms with van der Waals surface area (Å²) in [5.41, 5.74) is -2.34. The number of carboxylic acids is 1. The number of ketones is 1. The molecule has 0 spiro atoms. The van der Waals surface area contributed by atoms with E-state index in [-0.39, 0.29) is 4.48 Å². The lowest BCUT2D eigenvalue weighted by atomic mass is 9.90. The Hall–Kier alpha value is -1.24. The van der Waals surface area contributed by atoms with Gasteiger partial charge in [0.2, 0.25) is 11.8 Å². The summed E-state index contributed by atoms with van der Waals surface area (Å²) >= 11 is 0. The summed E-state index contributed by atoms with van der Waals surface area (Å²) in [6, 6.07) is 0. The molecule has 0 fully saturated rings. The Bertz CT molecular complexity index is 526. The van der Waals surface area contributed by atoms with Crippen LogP contribution < -0.4 is 0 Å². The highest BCUT2D eigenvalue weighted by atomic mass is 16.4. The van der Waals surface area contributed by atoms with Crippen molar-refractivity contribution in [1.29, 1.82) is 0 Å². The van der Waals surface area contributed by atoms with Crippen LogP contribution in [0.5, 0.6) is 0 Å². The number of aliphatic carboxylic acids is 1. The van der Waals surface area contributed by atoms with E-state index in [1.165, 1.54) is 76.7 Å². The first-order valence-corrected chi connectivity index (χ1v) is 12.2. The first-order chi connectivity index (χ1) is 14.6. The first-order valence-electron chi connectivity index (χ1n) is 12.2. The predicted octanol–water partition coefficient (Wildman–Crippen LogP) is 4.82. The van der Waals surface area contributed by atoms with Crippen LogP contribution in [-0.2, 0) is 9.59 Å². The molecule has 0 rings (SSSR count). The summed E-state index contributed by atoms with van der Waals surface area (Å²) in [7, 11) is 4.80. The van der Waals surface area contributed by atoms with E-state index in [9.17, 15) is 19.8 Å². The van der Waals surface area contributed by atoms with Gasteiger partial charge in [-0.25, -0.2) is 0 Å². The van der Waals surface area contributed by atoms with Gasteiger partial charge in [-0.15, -0.1) is 0 Å². The molecule has 0 amide bonds. The highest BCUT2D eigenvalue weighted by Crippen LogP contribution is 2.23. The molecule has 0 saturated heterocycles. The zero-order chi connectivity index (χ0) is 23.8. The lowest BCUT2D eigenvalue weighted by molar-refractivity contribution is -0.925. The molecule has 2 atom stereocenters. The lowest BCUT2D eigenvalue weighted by Crippen LogP contribution is -2.62. The van der Waals surface area contributed by atoms with Crippen LogP contribution in [0.15, 0.2) is 12.2 Å². The Morgan fingerprint density at radius 3 is 1.65 bits per heavy atom. The number of carbonyl (C=O) groups excluding carboxylic acids is 1. The minimum atomic E-state index is -2.34. The average molecular weight is 443 g/mol. The molecule has 0 bridgehead atoms. The van der Waals surface area contributed by atoms with E-state index in [0.717, 1.165) is 12.8 Å². The highest BCUT2D eigenvalue weighted by molar-refractivity contribution is 5.99. The van der Waals surface area contributed by atoms with Crippen LogP contribution in [0.3, 0.4) is 0 Å². The Balaban J connectivity index is 4.03. The molecule has 3 N–H and O–H groups in total. The van der Waals surface area contributed by atoms with Crippen LogP contribution in [0.4, 0.5) is 0 Å². The summed E-state index contributed by atoms with van der Waals surface area (Å²) in [6.07, 6.45) is 17.8. The molecule has 31 heavy (non-hydrogen) atoms. The Morgan fingerprint density at radius 1 is 0.839 bits per heavy atom. The topological polar surface area (TPSA) is 94.8 Å². The van der Waals surface area contributed by atoms with Crippen LogP contribution in [0.2, 0.25) is 0 Å². The van der Waals surface area contributed by atoms with Crippen molar-refractivity contribution in [2.24, 2.45) is 0 Å². The minimum Gasteiger partial charge on any atom is -0.481 e. The maximum atomic E-state index is 12.5. The van der Waals surface area contributed by atoms with E-state index < -0.39 is 30.0 Å². The minimum absolute atomic E-state index is 0.137. The van der Waals surface area contributed by atoms with E-state index in [0.29, 0.717) is 6.42 Å². The summed E-state index contributed by atoms with van der Waals surface area (Å²) in [5.74, 6) is -2.08. The normalized spacial score (nSPS) is 15.2. The Morgan fingerprint density at radius 2 is 1.26 bits per heavy atom. The number of aliphatic hydroxyl groups is 2. The van der Waals surface area contributed by atoms with Crippen molar-refractivity contribution in [3.05, 3.63) is 12.2 Å². The maximum Gasteiger partial charge on any atom is 0.307 e. The predicted molar refractivity (Wildman–Crippen MR) is 126 cm³/mol. The van der Waals surface area contributed by atoms with Gasteiger partial charge in [-0.05, 0) is 18.9 Å². The van der Waals surface area contributed by atoms with Crippen LogP contribution in [0.1, 0.15) is 103 Å². The molecule has 0 saturated carbocycles. The lowest BCUT2D eigenvalue weighted by Gasteiger charge is -2.38. The number of hydrogen-bond donors (Lipinski definition) is 3. The number of quaternary nitrogens is 1. The molecule has 0 radical (unpaired) electrons. The monoisotopic (exact) mass is 442 g/mol. The molecule has 2 unspecified atom stereocenters. The quantitative estimate of drug-likeness (QED) is 0.109. The fourth-order valence-corrected chi connectivity index (χ4v) is 3.79. The number of nitrogens with zero attached hydrogens (tertiary/aromatic N) is 1. The van der Waals surface area contributed by atoms with Crippen molar-refractivity contribution in [2.45, 2.75) is 115 Å². The standard InChI is InChI=1S/C25H47NO5/c1-5-6-7-8-9-10-11-12-13-14-15-16-17-18-19-20-22(27)25(31,21-23(28)29)24(30)26(2,3)4/h19-20,24,30-31H,5-18,21H2,1-4H3/p+1. The maximum absolute atomic E-state index is 12.5. The summed E-state index contributed by atoms with van der Waals surface area (Å²) in [4.78, 5) is 23.6. The summed E-state index contributed by atoms with van der Waals surface area (Å²) in [5, 5.41) is 30.0. The van der Waals surface area contributed by atoms with Gasteiger partial charge in [0.1, 0.15) is 0 Å². The van der Waals surface area contributed by atoms with Crippen molar-refractivity contribution >= 4 is 11.8 Å². The third kappa shape index (κ3) is 13.7. The van der Waals surface area contributed by atoms with Gasteiger partial charge < -0.3 is 19.8 Å². The molecular weight excluding hydrogens is 394 g/mol. The number of hydrogen-bond acceptors (Lipinski definition) is 4. The van der Waals surface area contributed by atoms with Gasteiger partial charge in [0, 0.05) is 0 Å². The molecule has 0 aromatic carbocycles. The molecule has 6 heteroatoms. The first kappa shape index (κ1) is 29.8. The molecular formula is C25H48NO5+. The highest BCUT2D eigenvalue weighted by Gasteiger charge is 2.50. The zero-order valence-corrected chi connectivity index (χ0v) is 20.4. The SMILES string of the molecule is CCCCCCCCCCCCCCCC=CC(=O)C(O)(CC(=O)O)C(O)[N+](C)(C)C. The second kappa shape index (κ2) is 16.4. The van der Waals surface area contributed by atoms with Gasteiger partial charge in [0.05, 0.1) is 27.6 Å². The molecule has 0 aliphatic carbocycles.